The number of para-hydroxylation sites is 2. The van der Waals surface area contributed by atoms with Crippen LogP contribution in [-0.4, -0.2) is 42.9 Å². The number of benzene rings is 1. The number of H-pyrrole nitrogens is 1. The maximum atomic E-state index is 12.4. The lowest BCUT2D eigenvalue weighted by Gasteiger charge is -2.16. The van der Waals surface area contributed by atoms with Gasteiger partial charge in [0.15, 0.2) is 17.2 Å². The van der Waals surface area contributed by atoms with Crippen LogP contribution in [0.4, 0.5) is 0 Å². The lowest BCUT2D eigenvalue weighted by Crippen LogP contribution is -2.32. The summed E-state index contributed by atoms with van der Waals surface area (Å²) < 4.78 is 11.1. The van der Waals surface area contributed by atoms with Crippen molar-refractivity contribution in [3.63, 3.8) is 0 Å². The van der Waals surface area contributed by atoms with E-state index in [1.165, 1.54) is 0 Å². The lowest BCUT2D eigenvalue weighted by molar-refractivity contribution is 0.0937. The van der Waals surface area contributed by atoms with Crippen molar-refractivity contribution >= 4 is 18.3 Å². The standard InChI is InChI=1S/C18H24N4O3.ClH/c1-12(11-25-16-6-4-3-5-15(16)24-2)9-20-18(23)17-13-10-19-8-7-14(13)21-22-17;/h3-6,12,19H,7-11H2,1-2H3,(H,20,23)(H,21,22);1H. The van der Waals surface area contributed by atoms with Gasteiger partial charge in [-0.15, -0.1) is 12.4 Å². The molecule has 3 rings (SSSR count). The van der Waals surface area contributed by atoms with Crippen molar-refractivity contribution < 1.29 is 14.3 Å². The highest BCUT2D eigenvalue weighted by molar-refractivity contribution is 5.94. The van der Waals surface area contributed by atoms with Gasteiger partial charge in [-0.05, 0) is 12.1 Å². The van der Waals surface area contributed by atoms with E-state index in [9.17, 15) is 4.79 Å². The molecule has 0 saturated heterocycles. The van der Waals surface area contributed by atoms with E-state index in [1.54, 1.807) is 7.11 Å². The summed E-state index contributed by atoms with van der Waals surface area (Å²) in [5.41, 5.74) is 2.51. The third-order valence-corrected chi connectivity index (χ3v) is 4.22. The third kappa shape index (κ3) is 4.68. The molecular formula is C18H25ClN4O3. The topological polar surface area (TPSA) is 88.3 Å². The highest BCUT2D eigenvalue weighted by Gasteiger charge is 2.21. The number of aromatic amines is 1. The van der Waals surface area contributed by atoms with Crippen LogP contribution < -0.4 is 20.1 Å². The zero-order valence-corrected chi connectivity index (χ0v) is 15.8. The first kappa shape index (κ1) is 20.1. The molecule has 0 radical (unpaired) electrons. The first-order chi connectivity index (χ1) is 12.2. The Hall–Kier alpha value is -2.25. The average Bonchev–Trinajstić information content (AvgIpc) is 3.09. The molecule has 0 bridgehead atoms. The van der Waals surface area contributed by atoms with E-state index in [1.807, 2.05) is 31.2 Å². The number of amides is 1. The molecule has 1 aliphatic rings. The lowest BCUT2D eigenvalue weighted by atomic mass is 10.1. The summed E-state index contributed by atoms with van der Waals surface area (Å²) in [6.45, 7) is 4.62. The third-order valence-electron chi connectivity index (χ3n) is 4.22. The fourth-order valence-electron chi connectivity index (χ4n) is 2.79. The average molecular weight is 381 g/mol. The van der Waals surface area contributed by atoms with Crippen LogP contribution >= 0.6 is 12.4 Å². The molecule has 3 N–H and O–H groups in total. The maximum Gasteiger partial charge on any atom is 0.272 e. The second kappa shape index (κ2) is 9.45. The number of carbonyl (C=O) groups is 1. The Morgan fingerprint density at radius 2 is 2.12 bits per heavy atom. The van der Waals surface area contributed by atoms with Crippen molar-refractivity contribution in [3.05, 3.63) is 41.2 Å². The van der Waals surface area contributed by atoms with Gasteiger partial charge in [-0.1, -0.05) is 19.1 Å². The minimum atomic E-state index is -0.148. The van der Waals surface area contributed by atoms with E-state index in [0.717, 1.165) is 24.2 Å². The van der Waals surface area contributed by atoms with Gasteiger partial charge in [-0.2, -0.15) is 5.10 Å². The molecule has 8 heteroatoms. The van der Waals surface area contributed by atoms with Gasteiger partial charge in [0.1, 0.15) is 0 Å². The zero-order chi connectivity index (χ0) is 17.6. The number of nitrogens with zero attached hydrogens (tertiary/aromatic N) is 1. The Balaban J connectivity index is 0.00000243. The van der Waals surface area contributed by atoms with Crippen molar-refractivity contribution in [1.82, 2.24) is 20.8 Å². The first-order valence-corrected chi connectivity index (χ1v) is 8.50. The highest BCUT2D eigenvalue weighted by Crippen LogP contribution is 2.26. The first-order valence-electron chi connectivity index (χ1n) is 8.50. The molecule has 1 aromatic carbocycles. The predicted octanol–water partition coefficient (Wildman–Crippen LogP) is 1.93. The Bertz CT molecular complexity index is 735. The summed E-state index contributed by atoms with van der Waals surface area (Å²) >= 11 is 0. The molecular weight excluding hydrogens is 356 g/mol. The summed E-state index contributed by atoms with van der Waals surface area (Å²) in [4.78, 5) is 12.4. The van der Waals surface area contributed by atoms with Crippen LogP contribution in [0.25, 0.3) is 0 Å². The fraction of sp³-hybridized carbons (Fsp3) is 0.444. The fourth-order valence-corrected chi connectivity index (χ4v) is 2.79. The highest BCUT2D eigenvalue weighted by atomic mass is 35.5. The van der Waals surface area contributed by atoms with E-state index in [4.69, 9.17) is 9.47 Å². The monoisotopic (exact) mass is 380 g/mol. The van der Waals surface area contributed by atoms with Gasteiger partial charge in [0, 0.05) is 43.2 Å². The number of rotatable bonds is 7. The summed E-state index contributed by atoms with van der Waals surface area (Å²) in [6.07, 6.45) is 0.874. The van der Waals surface area contributed by atoms with Gasteiger partial charge < -0.3 is 20.1 Å². The number of fused-ring (bicyclic) bond motifs is 1. The Morgan fingerprint density at radius 3 is 2.88 bits per heavy atom. The Kier molecular flexibility index (Phi) is 7.29. The number of methoxy groups -OCH3 is 1. The van der Waals surface area contributed by atoms with Crippen molar-refractivity contribution in [1.29, 1.82) is 0 Å². The van der Waals surface area contributed by atoms with E-state index in [2.05, 4.69) is 20.8 Å². The molecule has 142 valence electrons. The van der Waals surface area contributed by atoms with Crippen molar-refractivity contribution in [2.75, 3.05) is 26.8 Å². The maximum absolute atomic E-state index is 12.4. The molecule has 1 amide bonds. The SMILES string of the molecule is COc1ccccc1OCC(C)CNC(=O)c1n[nH]c2c1CNCC2.Cl. The van der Waals surface area contributed by atoms with Gasteiger partial charge in [-0.3, -0.25) is 9.89 Å². The van der Waals surface area contributed by atoms with Gasteiger partial charge in [0.25, 0.3) is 5.91 Å². The molecule has 1 atom stereocenters. The summed E-state index contributed by atoms with van der Waals surface area (Å²) in [5.74, 6) is 1.41. The number of aromatic nitrogens is 2. The number of hydrogen-bond acceptors (Lipinski definition) is 5. The number of ether oxygens (including phenoxy) is 2. The number of hydrogen-bond donors (Lipinski definition) is 3. The molecule has 26 heavy (non-hydrogen) atoms. The molecule has 0 saturated carbocycles. The predicted molar refractivity (Wildman–Crippen MR) is 101 cm³/mol. The van der Waals surface area contributed by atoms with Crippen molar-refractivity contribution in [2.24, 2.45) is 5.92 Å². The number of halogens is 1. The molecule has 0 aliphatic carbocycles. The molecule has 1 aromatic heterocycles. The zero-order valence-electron chi connectivity index (χ0n) is 15.0. The van der Waals surface area contributed by atoms with E-state index >= 15 is 0 Å². The Morgan fingerprint density at radius 1 is 1.35 bits per heavy atom. The van der Waals surface area contributed by atoms with Crippen LogP contribution in [0.1, 0.15) is 28.7 Å². The van der Waals surface area contributed by atoms with Crippen LogP contribution in [0, 0.1) is 5.92 Å². The number of carbonyl (C=O) groups excluding carboxylic acids is 1. The molecule has 2 heterocycles. The van der Waals surface area contributed by atoms with E-state index in [-0.39, 0.29) is 24.2 Å². The van der Waals surface area contributed by atoms with Gasteiger partial charge >= 0.3 is 0 Å². The van der Waals surface area contributed by atoms with E-state index < -0.39 is 0 Å². The Labute approximate surface area is 159 Å². The van der Waals surface area contributed by atoms with Crippen LogP contribution in [0.5, 0.6) is 11.5 Å². The molecule has 7 nitrogen and oxygen atoms in total. The van der Waals surface area contributed by atoms with Crippen LogP contribution in [0.3, 0.4) is 0 Å². The molecule has 1 aliphatic heterocycles. The van der Waals surface area contributed by atoms with Gasteiger partial charge in [-0.25, -0.2) is 0 Å². The van der Waals surface area contributed by atoms with Crippen LogP contribution in [0.2, 0.25) is 0 Å². The van der Waals surface area contributed by atoms with Crippen molar-refractivity contribution in [2.45, 2.75) is 19.9 Å². The summed E-state index contributed by atoms with van der Waals surface area (Å²) in [7, 11) is 1.62. The minimum Gasteiger partial charge on any atom is -0.493 e. The van der Waals surface area contributed by atoms with E-state index in [0.29, 0.717) is 36.9 Å². The minimum absolute atomic E-state index is 0. The van der Waals surface area contributed by atoms with Crippen molar-refractivity contribution in [3.8, 4) is 11.5 Å². The van der Waals surface area contributed by atoms with Crippen LogP contribution in [0.15, 0.2) is 24.3 Å². The molecule has 2 aromatic rings. The normalized spacial score (nSPS) is 13.9. The smallest absolute Gasteiger partial charge is 0.272 e. The summed E-state index contributed by atoms with van der Waals surface area (Å²) in [6, 6.07) is 7.53. The second-order valence-electron chi connectivity index (χ2n) is 6.23. The quantitative estimate of drug-likeness (QED) is 0.683. The molecule has 0 fully saturated rings. The number of nitrogens with one attached hydrogen (secondary N) is 3. The van der Waals surface area contributed by atoms with Crippen LogP contribution in [-0.2, 0) is 13.0 Å². The molecule has 1 unspecified atom stereocenters. The van der Waals surface area contributed by atoms with Gasteiger partial charge in [0.05, 0.1) is 13.7 Å². The largest absolute Gasteiger partial charge is 0.493 e. The second-order valence-corrected chi connectivity index (χ2v) is 6.23. The molecule has 0 spiro atoms. The van der Waals surface area contributed by atoms with Gasteiger partial charge in [0.2, 0.25) is 0 Å². The summed E-state index contributed by atoms with van der Waals surface area (Å²) in [5, 5.41) is 13.3.